The molecule has 0 radical (unpaired) electrons. The number of sulfonamides is 1. The van der Waals surface area contributed by atoms with Gasteiger partial charge < -0.3 is 10.2 Å². The molecule has 0 heterocycles. The van der Waals surface area contributed by atoms with Crippen LogP contribution in [0.25, 0.3) is 0 Å². The van der Waals surface area contributed by atoms with E-state index in [-0.39, 0.29) is 29.8 Å². The second kappa shape index (κ2) is 16.2. The van der Waals surface area contributed by atoms with Crippen LogP contribution in [0.1, 0.15) is 48.8 Å². The molecule has 0 bridgehead atoms. The Labute approximate surface area is 297 Å². The molecule has 4 aromatic rings. The zero-order valence-corrected chi connectivity index (χ0v) is 29.7. The lowest BCUT2D eigenvalue weighted by molar-refractivity contribution is -0.140. The summed E-state index contributed by atoms with van der Waals surface area (Å²) in [4.78, 5) is 30.3. The van der Waals surface area contributed by atoms with E-state index in [1.54, 1.807) is 42.5 Å². The van der Waals surface area contributed by atoms with Crippen LogP contribution in [0.4, 0.5) is 5.69 Å². The number of hydrogen-bond donors (Lipinski definition) is 1. The number of halogens is 3. The van der Waals surface area contributed by atoms with E-state index in [4.69, 9.17) is 34.8 Å². The molecule has 48 heavy (non-hydrogen) atoms. The lowest BCUT2D eigenvalue weighted by atomic mass is 9.94. The van der Waals surface area contributed by atoms with E-state index in [2.05, 4.69) is 5.32 Å². The third-order valence-corrected chi connectivity index (χ3v) is 11.3. The van der Waals surface area contributed by atoms with Gasteiger partial charge in [0.15, 0.2) is 0 Å². The maximum Gasteiger partial charge on any atom is 0.264 e. The van der Waals surface area contributed by atoms with Gasteiger partial charge >= 0.3 is 0 Å². The maximum atomic E-state index is 14.7. The van der Waals surface area contributed by atoms with Crippen molar-refractivity contribution in [2.75, 3.05) is 10.8 Å². The number of amides is 2. The lowest BCUT2D eigenvalue weighted by Gasteiger charge is -2.35. The Morgan fingerprint density at radius 1 is 0.812 bits per heavy atom. The van der Waals surface area contributed by atoms with Crippen LogP contribution < -0.4 is 9.62 Å². The molecular formula is C37H38Cl3N3O4S. The summed E-state index contributed by atoms with van der Waals surface area (Å²) in [6.07, 6.45) is 5.12. The fourth-order valence-electron chi connectivity index (χ4n) is 5.91. The van der Waals surface area contributed by atoms with E-state index in [0.717, 1.165) is 47.5 Å². The predicted molar refractivity (Wildman–Crippen MR) is 193 cm³/mol. The quantitative estimate of drug-likeness (QED) is 0.159. The molecule has 1 fully saturated rings. The smallest absolute Gasteiger partial charge is 0.264 e. The van der Waals surface area contributed by atoms with Crippen molar-refractivity contribution >= 4 is 62.3 Å². The first-order valence-electron chi connectivity index (χ1n) is 15.9. The SMILES string of the molecule is Cc1ccc(N(CC(=O)N(Cc2ccc(Cl)c(Cl)c2)[C@H](Cc2ccccc2)C(=O)NC2CCCCC2)S(=O)(=O)c2ccc(Cl)cc2)cc1. The van der Waals surface area contributed by atoms with Crippen LogP contribution in [0.3, 0.4) is 0 Å². The van der Waals surface area contributed by atoms with Crippen molar-refractivity contribution in [1.29, 1.82) is 0 Å². The predicted octanol–water partition coefficient (Wildman–Crippen LogP) is 8.24. The van der Waals surface area contributed by atoms with Gasteiger partial charge in [-0.1, -0.05) is 108 Å². The normalized spacial score (nSPS) is 14.2. The molecule has 252 valence electrons. The Hall–Kier alpha value is -3.56. The molecular weight excluding hydrogens is 689 g/mol. The van der Waals surface area contributed by atoms with E-state index in [1.165, 1.54) is 29.2 Å². The molecule has 2 amide bonds. The average Bonchev–Trinajstić information content (AvgIpc) is 3.08. The Morgan fingerprint density at radius 3 is 2.12 bits per heavy atom. The topological polar surface area (TPSA) is 86.8 Å². The number of carbonyl (C=O) groups excluding carboxylic acids is 2. The van der Waals surface area contributed by atoms with Crippen molar-refractivity contribution in [1.82, 2.24) is 10.2 Å². The minimum absolute atomic E-state index is 0.000732. The standard InChI is InChI=1S/C37H38Cl3N3O4S/c1-26-12-17-31(18-13-26)43(48(46,47)32-19-15-29(38)16-20-32)25-36(44)42(24-28-14-21-33(39)34(40)22-28)35(23-27-8-4-2-5-9-27)37(45)41-30-10-6-3-7-11-30/h2,4-5,8-9,12-22,30,35H,3,6-7,10-11,23-25H2,1H3,(H,41,45)/t35-/m1/s1. The Morgan fingerprint density at radius 2 is 1.48 bits per heavy atom. The monoisotopic (exact) mass is 725 g/mol. The van der Waals surface area contributed by atoms with Gasteiger partial charge in [-0.2, -0.15) is 0 Å². The van der Waals surface area contributed by atoms with Gasteiger partial charge in [0.25, 0.3) is 10.0 Å². The van der Waals surface area contributed by atoms with Gasteiger partial charge in [-0.3, -0.25) is 13.9 Å². The van der Waals surface area contributed by atoms with E-state index in [9.17, 15) is 18.0 Å². The minimum Gasteiger partial charge on any atom is -0.352 e. The van der Waals surface area contributed by atoms with Crippen LogP contribution in [-0.2, 0) is 32.6 Å². The Balaban J connectivity index is 1.57. The summed E-state index contributed by atoms with van der Waals surface area (Å²) in [5, 5.41) is 4.25. The number of rotatable bonds is 12. The molecule has 11 heteroatoms. The number of aryl methyl sites for hydroxylation is 1. The van der Waals surface area contributed by atoms with Crippen LogP contribution in [0, 0.1) is 6.92 Å². The van der Waals surface area contributed by atoms with Crippen LogP contribution in [-0.4, -0.2) is 43.8 Å². The number of nitrogens with one attached hydrogen (secondary N) is 1. The third kappa shape index (κ3) is 9.11. The van der Waals surface area contributed by atoms with Crippen LogP contribution in [0.15, 0.2) is 102 Å². The first-order valence-corrected chi connectivity index (χ1v) is 18.5. The Bertz CT molecular complexity index is 1820. The van der Waals surface area contributed by atoms with Gasteiger partial charge in [0.1, 0.15) is 12.6 Å². The highest BCUT2D eigenvalue weighted by Crippen LogP contribution is 2.28. The van der Waals surface area contributed by atoms with E-state index < -0.39 is 28.5 Å². The third-order valence-electron chi connectivity index (χ3n) is 8.56. The summed E-state index contributed by atoms with van der Waals surface area (Å²) in [5.74, 6) is -0.847. The van der Waals surface area contributed by atoms with Crippen molar-refractivity contribution in [2.24, 2.45) is 0 Å². The van der Waals surface area contributed by atoms with Crippen LogP contribution in [0.2, 0.25) is 15.1 Å². The van der Waals surface area contributed by atoms with Gasteiger partial charge in [0, 0.05) is 24.0 Å². The molecule has 1 aliphatic rings. The van der Waals surface area contributed by atoms with E-state index >= 15 is 0 Å². The average molecular weight is 727 g/mol. The van der Waals surface area contributed by atoms with E-state index in [0.29, 0.717) is 26.3 Å². The zero-order chi connectivity index (χ0) is 34.3. The summed E-state index contributed by atoms with van der Waals surface area (Å²) >= 11 is 18.7. The summed E-state index contributed by atoms with van der Waals surface area (Å²) in [6, 6.07) is 26.3. The van der Waals surface area contributed by atoms with Crippen molar-refractivity contribution in [3.8, 4) is 0 Å². The largest absolute Gasteiger partial charge is 0.352 e. The van der Waals surface area contributed by atoms with Gasteiger partial charge in [-0.05, 0) is 79.4 Å². The zero-order valence-electron chi connectivity index (χ0n) is 26.6. The molecule has 5 rings (SSSR count). The fraction of sp³-hybridized carbons (Fsp3) is 0.297. The molecule has 0 spiro atoms. The highest BCUT2D eigenvalue weighted by molar-refractivity contribution is 7.92. The molecule has 0 aromatic heterocycles. The highest BCUT2D eigenvalue weighted by atomic mass is 35.5. The molecule has 1 atom stereocenters. The second-order valence-electron chi connectivity index (χ2n) is 12.1. The summed E-state index contributed by atoms with van der Waals surface area (Å²) in [6.45, 7) is 1.33. The minimum atomic E-state index is -4.24. The summed E-state index contributed by atoms with van der Waals surface area (Å²) in [5.41, 5.74) is 2.74. The van der Waals surface area contributed by atoms with Crippen LogP contribution in [0.5, 0.6) is 0 Å². The van der Waals surface area contributed by atoms with E-state index in [1.807, 2.05) is 37.3 Å². The van der Waals surface area contributed by atoms with Gasteiger partial charge in [-0.25, -0.2) is 8.42 Å². The van der Waals surface area contributed by atoms with Crippen molar-refractivity contribution in [3.05, 3.63) is 129 Å². The van der Waals surface area contributed by atoms with Crippen molar-refractivity contribution in [3.63, 3.8) is 0 Å². The van der Waals surface area contributed by atoms with Gasteiger partial charge in [-0.15, -0.1) is 0 Å². The molecule has 1 N–H and O–H groups in total. The first-order chi connectivity index (χ1) is 23.0. The second-order valence-corrected chi connectivity index (χ2v) is 15.2. The number of nitrogens with zero attached hydrogens (tertiary/aromatic N) is 2. The Kier molecular flexibility index (Phi) is 12.1. The van der Waals surface area contributed by atoms with Crippen molar-refractivity contribution in [2.45, 2.75) is 69.0 Å². The number of carbonyl (C=O) groups is 2. The molecule has 0 unspecified atom stereocenters. The molecule has 1 saturated carbocycles. The summed E-state index contributed by atoms with van der Waals surface area (Å²) < 4.78 is 29.5. The number of anilines is 1. The molecule has 7 nitrogen and oxygen atoms in total. The van der Waals surface area contributed by atoms with Gasteiger partial charge in [0.2, 0.25) is 11.8 Å². The molecule has 1 aliphatic carbocycles. The number of benzene rings is 4. The first kappa shape index (κ1) is 35.7. The number of hydrogen-bond acceptors (Lipinski definition) is 4. The van der Waals surface area contributed by atoms with Crippen LogP contribution >= 0.6 is 34.8 Å². The molecule has 0 aliphatic heterocycles. The summed E-state index contributed by atoms with van der Waals surface area (Å²) in [7, 11) is -4.24. The van der Waals surface area contributed by atoms with Gasteiger partial charge in [0.05, 0.1) is 20.6 Å². The maximum absolute atomic E-state index is 14.7. The fourth-order valence-corrected chi connectivity index (χ4v) is 7.77. The lowest BCUT2D eigenvalue weighted by Crippen LogP contribution is -2.55. The molecule has 0 saturated heterocycles. The van der Waals surface area contributed by atoms with Crippen molar-refractivity contribution < 1.29 is 18.0 Å². The highest BCUT2D eigenvalue weighted by Gasteiger charge is 2.35. The molecule has 4 aromatic carbocycles.